The van der Waals surface area contributed by atoms with Crippen molar-refractivity contribution in [3.63, 3.8) is 0 Å². The standard InChI is InChI=1S/C24H50.C21H44.C20H42/c1-6-8-10-12-14-15-17-19-21-23(22-24(3,4)5)20-18-16-13-11-9-7-2;1-6-8-10-12-14-16-18-20(21(3,4)5)19-17-15-13-11-9-7-2;1-6-8-10-12-13-15-17-19(18-20(3,4)5)16-14-11-9-7-2/h23H,6-22H2,1-5H3;20H,6-19H2,1-5H3;19H,6-18H2,1-5H3. The van der Waals surface area contributed by atoms with E-state index in [-0.39, 0.29) is 0 Å². The van der Waals surface area contributed by atoms with Gasteiger partial charge in [0.25, 0.3) is 0 Å². The second kappa shape index (κ2) is 50.4. The monoisotopic (exact) mass is 917 g/mol. The molecule has 65 heavy (non-hydrogen) atoms. The molecular formula is C65H136. The van der Waals surface area contributed by atoms with Crippen molar-refractivity contribution in [3.05, 3.63) is 0 Å². The molecule has 0 rings (SSSR count). The Balaban J connectivity index is -0.000000891. The van der Waals surface area contributed by atoms with Crippen LogP contribution in [0.5, 0.6) is 0 Å². The molecule has 0 saturated heterocycles. The van der Waals surface area contributed by atoms with Gasteiger partial charge in [0.05, 0.1) is 0 Å². The Morgan fingerprint density at radius 1 is 0.215 bits per heavy atom. The highest BCUT2D eigenvalue weighted by Gasteiger charge is 2.23. The second-order valence-electron chi connectivity index (χ2n) is 25.7. The van der Waals surface area contributed by atoms with Crippen LogP contribution in [0.4, 0.5) is 0 Å². The van der Waals surface area contributed by atoms with Gasteiger partial charge in [-0.15, -0.1) is 0 Å². The fourth-order valence-electron chi connectivity index (χ4n) is 10.6. The number of unbranched alkanes of at least 4 members (excludes halogenated alkanes) is 30. The van der Waals surface area contributed by atoms with Crippen LogP contribution in [0.15, 0.2) is 0 Å². The Bertz CT molecular complexity index is 829. The summed E-state index contributed by atoms with van der Waals surface area (Å²) >= 11 is 0. The third-order valence-corrected chi connectivity index (χ3v) is 14.7. The molecule has 2 unspecified atom stereocenters. The zero-order valence-corrected chi connectivity index (χ0v) is 49.3. The van der Waals surface area contributed by atoms with E-state index >= 15 is 0 Å². The van der Waals surface area contributed by atoms with Gasteiger partial charge in [-0.2, -0.15) is 0 Å². The zero-order chi connectivity index (χ0) is 49.3. The van der Waals surface area contributed by atoms with Gasteiger partial charge < -0.3 is 0 Å². The summed E-state index contributed by atoms with van der Waals surface area (Å²) in [5.74, 6) is 2.91. The van der Waals surface area contributed by atoms with Crippen LogP contribution in [0.25, 0.3) is 0 Å². The van der Waals surface area contributed by atoms with Crippen LogP contribution >= 0.6 is 0 Å². The van der Waals surface area contributed by atoms with Gasteiger partial charge in [0, 0.05) is 0 Å². The molecule has 0 aromatic heterocycles. The van der Waals surface area contributed by atoms with Crippen LogP contribution in [0.1, 0.15) is 386 Å². The molecule has 0 fully saturated rings. The lowest BCUT2D eigenvalue weighted by molar-refractivity contribution is 0.201. The smallest absolute Gasteiger partial charge is 0.0354 e. The summed E-state index contributed by atoms with van der Waals surface area (Å²) in [4.78, 5) is 0. The van der Waals surface area contributed by atoms with Crippen LogP contribution in [-0.4, -0.2) is 0 Å². The molecule has 0 aliphatic rings. The SMILES string of the molecule is CCCCCCCCC(CCCCCC)CC(C)(C)C.CCCCCCCCC(CCCCCCCC)C(C)(C)C.CCCCCCCCCCC(CCCCCCCC)CC(C)(C)C. The summed E-state index contributed by atoms with van der Waals surface area (Å²) in [5.41, 5.74) is 1.53. The van der Waals surface area contributed by atoms with Gasteiger partial charge in [-0.25, -0.2) is 0 Å². The summed E-state index contributed by atoms with van der Waals surface area (Å²) in [5, 5.41) is 0. The van der Waals surface area contributed by atoms with Crippen molar-refractivity contribution in [2.45, 2.75) is 386 Å². The van der Waals surface area contributed by atoms with Crippen LogP contribution in [0, 0.1) is 34.0 Å². The number of rotatable bonds is 44. The predicted octanol–water partition coefficient (Wildman–Crippen LogP) is 25.2. The van der Waals surface area contributed by atoms with E-state index in [1.165, 1.54) is 283 Å². The summed E-state index contributed by atoms with van der Waals surface area (Å²) in [6.45, 7) is 35.7. The first-order chi connectivity index (χ1) is 31.0. The Hall–Kier alpha value is 0. The Morgan fingerprint density at radius 2 is 0.385 bits per heavy atom. The number of hydrogen-bond acceptors (Lipinski definition) is 0. The first-order valence-corrected chi connectivity index (χ1v) is 31.0. The highest BCUT2D eigenvalue weighted by atomic mass is 14.3. The second-order valence-corrected chi connectivity index (χ2v) is 25.7. The van der Waals surface area contributed by atoms with E-state index in [2.05, 4.69) is 104 Å². The molecule has 0 bridgehead atoms. The molecule has 0 aromatic rings. The molecular weight excluding hydrogens is 781 g/mol. The average Bonchev–Trinajstić information content (AvgIpc) is 3.23. The van der Waals surface area contributed by atoms with Crippen LogP contribution < -0.4 is 0 Å². The fourth-order valence-corrected chi connectivity index (χ4v) is 10.6. The Kier molecular flexibility index (Phi) is 53.7. The van der Waals surface area contributed by atoms with Crippen molar-refractivity contribution < 1.29 is 0 Å². The van der Waals surface area contributed by atoms with Gasteiger partial charge in [0.2, 0.25) is 0 Å². The zero-order valence-electron chi connectivity index (χ0n) is 49.3. The maximum atomic E-state index is 2.45. The van der Waals surface area contributed by atoms with Crippen molar-refractivity contribution in [1.82, 2.24) is 0 Å². The van der Waals surface area contributed by atoms with Crippen LogP contribution in [-0.2, 0) is 0 Å². The molecule has 2 atom stereocenters. The molecule has 0 aromatic carbocycles. The molecule has 0 N–H and O–H groups in total. The van der Waals surface area contributed by atoms with Crippen molar-refractivity contribution in [2.24, 2.45) is 34.0 Å². The normalized spacial score (nSPS) is 13.1. The van der Waals surface area contributed by atoms with E-state index < -0.39 is 0 Å². The molecule has 0 nitrogen and oxygen atoms in total. The first-order valence-electron chi connectivity index (χ1n) is 31.0. The van der Waals surface area contributed by atoms with Gasteiger partial charge >= 0.3 is 0 Å². The fraction of sp³-hybridized carbons (Fsp3) is 1.00. The van der Waals surface area contributed by atoms with E-state index in [1.54, 1.807) is 0 Å². The minimum absolute atomic E-state index is 0.507. The molecule has 0 radical (unpaired) electrons. The van der Waals surface area contributed by atoms with Gasteiger partial charge in [0.15, 0.2) is 0 Å². The van der Waals surface area contributed by atoms with Crippen LogP contribution in [0.2, 0.25) is 0 Å². The molecule has 0 amide bonds. The molecule has 0 heteroatoms. The van der Waals surface area contributed by atoms with Crippen molar-refractivity contribution in [3.8, 4) is 0 Å². The molecule has 0 aliphatic carbocycles. The molecule has 0 spiro atoms. The highest BCUT2D eigenvalue weighted by Crippen LogP contribution is 2.35. The average molecular weight is 918 g/mol. The van der Waals surface area contributed by atoms with Gasteiger partial charge in [-0.1, -0.05) is 361 Å². The minimum Gasteiger partial charge on any atom is -0.0654 e. The Morgan fingerprint density at radius 3 is 0.569 bits per heavy atom. The third kappa shape index (κ3) is 60.1. The van der Waals surface area contributed by atoms with E-state index in [1.807, 2.05) is 0 Å². The van der Waals surface area contributed by atoms with Crippen LogP contribution in [0.3, 0.4) is 0 Å². The van der Waals surface area contributed by atoms with E-state index in [4.69, 9.17) is 0 Å². The van der Waals surface area contributed by atoms with E-state index in [0.29, 0.717) is 16.2 Å². The highest BCUT2D eigenvalue weighted by molar-refractivity contribution is 4.75. The molecule has 0 heterocycles. The molecule has 396 valence electrons. The molecule has 0 aliphatic heterocycles. The van der Waals surface area contributed by atoms with E-state index in [0.717, 1.165) is 17.8 Å². The maximum Gasteiger partial charge on any atom is -0.0354 e. The predicted molar refractivity (Wildman–Crippen MR) is 306 cm³/mol. The molecule has 0 saturated carbocycles. The summed E-state index contributed by atoms with van der Waals surface area (Å²) in [7, 11) is 0. The van der Waals surface area contributed by atoms with Gasteiger partial charge in [-0.05, 0) is 59.7 Å². The lowest BCUT2D eigenvalue weighted by atomic mass is 9.75. The third-order valence-electron chi connectivity index (χ3n) is 14.7. The lowest BCUT2D eigenvalue weighted by Gasteiger charge is -2.31. The topological polar surface area (TPSA) is 0 Å². The van der Waals surface area contributed by atoms with Crippen molar-refractivity contribution >= 4 is 0 Å². The quantitative estimate of drug-likeness (QED) is 0.0534. The van der Waals surface area contributed by atoms with Gasteiger partial charge in [-0.3, -0.25) is 0 Å². The van der Waals surface area contributed by atoms with E-state index in [9.17, 15) is 0 Å². The first kappa shape index (κ1) is 69.3. The maximum absolute atomic E-state index is 2.45. The largest absolute Gasteiger partial charge is 0.0654 e. The summed E-state index contributed by atoms with van der Waals surface area (Å²) < 4.78 is 0. The number of hydrogen-bond donors (Lipinski definition) is 0. The van der Waals surface area contributed by atoms with Crippen molar-refractivity contribution in [1.29, 1.82) is 0 Å². The summed E-state index contributed by atoms with van der Waals surface area (Å²) in [6.07, 6.45) is 63.6. The van der Waals surface area contributed by atoms with Crippen molar-refractivity contribution in [2.75, 3.05) is 0 Å². The van der Waals surface area contributed by atoms with Gasteiger partial charge in [0.1, 0.15) is 0 Å². The minimum atomic E-state index is 0.507. The summed E-state index contributed by atoms with van der Waals surface area (Å²) in [6, 6.07) is 0. The lowest BCUT2D eigenvalue weighted by Crippen LogP contribution is -2.20. The Labute approximate surface area is 418 Å².